The van der Waals surface area contributed by atoms with Crippen LogP contribution in [0.4, 0.5) is 0 Å². The average molecular weight is 408 g/mol. The Bertz CT molecular complexity index is 991. The van der Waals surface area contributed by atoms with Crippen LogP contribution in [-0.2, 0) is 15.6 Å². The van der Waals surface area contributed by atoms with Crippen LogP contribution in [0.25, 0.3) is 0 Å². The van der Waals surface area contributed by atoms with E-state index in [1.165, 1.54) is 7.11 Å². The van der Waals surface area contributed by atoms with Crippen molar-refractivity contribution in [1.29, 1.82) is 0 Å². The molecule has 1 heterocycles. The average Bonchev–Trinajstić information content (AvgIpc) is 2.74. The summed E-state index contributed by atoms with van der Waals surface area (Å²) in [6, 6.07) is 6.23. The summed E-state index contributed by atoms with van der Waals surface area (Å²) in [4.78, 5) is 45.9. The Hall–Kier alpha value is -2.89. The molecule has 0 N–H and O–H groups in total. The number of hydrogen-bond acceptors (Lipinski definition) is 6. The summed E-state index contributed by atoms with van der Waals surface area (Å²) in [7, 11) is 1.30. The number of Topliss-reactive ketones (excluding diaryl/α,β-unsaturated/α-hetero) is 2. The van der Waals surface area contributed by atoms with Gasteiger partial charge in [0.25, 0.3) is 0 Å². The van der Waals surface area contributed by atoms with Crippen LogP contribution >= 0.6 is 0 Å². The van der Waals surface area contributed by atoms with Gasteiger partial charge in [-0.3, -0.25) is 14.6 Å². The summed E-state index contributed by atoms with van der Waals surface area (Å²) in [5, 5.41) is 0. The van der Waals surface area contributed by atoms with Crippen molar-refractivity contribution in [3.8, 4) is 0 Å². The minimum absolute atomic E-state index is 0.0637. The van der Waals surface area contributed by atoms with Crippen molar-refractivity contribution in [2.24, 2.45) is 0 Å². The summed E-state index contributed by atoms with van der Waals surface area (Å²) in [6.07, 6.45) is 3.69. The number of benzene rings is 1. The smallest absolute Gasteiger partial charge is 0.337 e. The second-order valence-electron chi connectivity index (χ2n) is 9.14. The molecule has 2 aromatic rings. The normalized spacial score (nSPS) is 16.4. The predicted octanol–water partition coefficient (Wildman–Crippen LogP) is 4.46. The molecule has 158 valence electrons. The van der Waals surface area contributed by atoms with E-state index in [1.807, 2.05) is 0 Å². The highest BCUT2D eigenvalue weighted by Crippen LogP contribution is 2.43. The number of rotatable bonds is 6. The van der Waals surface area contributed by atoms with Gasteiger partial charge in [0.15, 0.2) is 11.6 Å². The lowest BCUT2D eigenvalue weighted by Crippen LogP contribution is -2.36. The van der Waals surface area contributed by atoms with Gasteiger partial charge in [0.2, 0.25) is 0 Å². The highest BCUT2D eigenvalue weighted by atomic mass is 16.5. The molecule has 0 aliphatic heterocycles. The predicted molar refractivity (Wildman–Crippen MR) is 113 cm³/mol. The second-order valence-corrected chi connectivity index (χ2v) is 9.14. The summed E-state index contributed by atoms with van der Waals surface area (Å²) >= 11 is 0. The van der Waals surface area contributed by atoms with Crippen molar-refractivity contribution >= 4 is 17.5 Å². The third-order valence-electron chi connectivity index (χ3n) is 5.92. The van der Waals surface area contributed by atoms with E-state index in [2.05, 4.69) is 42.4 Å². The molecule has 3 rings (SSSR count). The van der Waals surface area contributed by atoms with Crippen molar-refractivity contribution in [2.45, 2.75) is 64.2 Å². The van der Waals surface area contributed by atoms with Gasteiger partial charge in [-0.05, 0) is 25.0 Å². The molecule has 0 saturated carbocycles. The third-order valence-corrected chi connectivity index (χ3v) is 5.92. The molecule has 0 unspecified atom stereocenters. The Balaban J connectivity index is 1.71. The lowest BCUT2D eigenvalue weighted by Gasteiger charge is -2.39. The van der Waals surface area contributed by atoms with E-state index in [-0.39, 0.29) is 35.2 Å². The number of nitrogens with zero attached hydrogens (tertiary/aromatic N) is 2. The molecule has 0 radical (unpaired) electrons. The lowest BCUT2D eigenvalue weighted by molar-refractivity contribution is 0.0600. The van der Waals surface area contributed by atoms with Crippen LogP contribution in [0.5, 0.6) is 0 Å². The van der Waals surface area contributed by atoms with Gasteiger partial charge in [0, 0.05) is 29.2 Å². The zero-order valence-corrected chi connectivity index (χ0v) is 18.2. The fraction of sp³-hybridized carbons (Fsp3) is 0.458. The topological polar surface area (TPSA) is 86.2 Å². The summed E-state index contributed by atoms with van der Waals surface area (Å²) < 4.78 is 4.65. The number of aromatic nitrogens is 2. The molecule has 0 fully saturated rings. The number of methoxy groups -OCH3 is 1. The summed E-state index contributed by atoms with van der Waals surface area (Å²) in [5.74, 6) is -0.808. The maximum Gasteiger partial charge on any atom is 0.337 e. The fourth-order valence-corrected chi connectivity index (χ4v) is 3.76. The van der Waals surface area contributed by atoms with Crippen molar-refractivity contribution in [1.82, 2.24) is 9.97 Å². The lowest BCUT2D eigenvalue weighted by atomic mass is 9.67. The highest BCUT2D eigenvalue weighted by Gasteiger charge is 2.40. The van der Waals surface area contributed by atoms with E-state index in [0.29, 0.717) is 16.8 Å². The molecule has 1 aromatic carbocycles. The Labute approximate surface area is 177 Å². The van der Waals surface area contributed by atoms with E-state index >= 15 is 0 Å². The quantitative estimate of drug-likeness (QED) is 0.518. The second kappa shape index (κ2) is 8.09. The third kappa shape index (κ3) is 4.32. The van der Waals surface area contributed by atoms with E-state index in [1.54, 1.807) is 30.5 Å². The van der Waals surface area contributed by atoms with Gasteiger partial charge in [0.05, 0.1) is 30.3 Å². The van der Waals surface area contributed by atoms with E-state index < -0.39 is 5.97 Å². The molecular weight excluding hydrogens is 380 g/mol. The maximum atomic E-state index is 12.7. The minimum Gasteiger partial charge on any atom is -0.465 e. The van der Waals surface area contributed by atoms with Crippen LogP contribution in [0, 0.1) is 0 Å². The summed E-state index contributed by atoms with van der Waals surface area (Å²) in [6.45, 7) is 8.57. The molecule has 1 aromatic heterocycles. The maximum absolute atomic E-state index is 12.7. The van der Waals surface area contributed by atoms with Crippen LogP contribution in [0.1, 0.15) is 96.0 Å². The van der Waals surface area contributed by atoms with Crippen molar-refractivity contribution in [3.63, 3.8) is 0 Å². The van der Waals surface area contributed by atoms with E-state index in [4.69, 9.17) is 0 Å². The van der Waals surface area contributed by atoms with Gasteiger partial charge >= 0.3 is 5.97 Å². The highest BCUT2D eigenvalue weighted by molar-refractivity contribution is 6.01. The Morgan fingerprint density at radius 2 is 1.40 bits per heavy atom. The molecule has 0 amide bonds. The zero-order chi connectivity index (χ0) is 22.1. The number of carbonyl (C=O) groups excluding carboxylic acids is 3. The molecule has 1 aliphatic carbocycles. The molecule has 1 aliphatic rings. The van der Waals surface area contributed by atoms with E-state index in [9.17, 15) is 14.4 Å². The van der Waals surface area contributed by atoms with Crippen LogP contribution < -0.4 is 0 Å². The number of ether oxygens (including phenoxy) is 1. The molecule has 0 bridgehead atoms. The number of hydrogen-bond donors (Lipinski definition) is 0. The Kier molecular flexibility index (Phi) is 5.88. The zero-order valence-electron chi connectivity index (χ0n) is 18.2. The molecule has 0 atom stereocenters. The Morgan fingerprint density at radius 1 is 0.867 bits per heavy atom. The molecule has 6 nitrogen and oxygen atoms in total. The molecule has 30 heavy (non-hydrogen) atoms. The van der Waals surface area contributed by atoms with Gasteiger partial charge in [-0.15, -0.1) is 0 Å². The number of fused-ring (bicyclic) bond motifs is 1. The molecule has 0 spiro atoms. The minimum atomic E-state index is -0.457. The van der Waals surface area contributed by atoms with Gasteiger partial charge in [-0.25, -0.2) is 9.78 Å². The van der Waals surface area contributed by atoms with Gasteiger partial charge in [-0.1, -0.05) is 39.8 Å². The number of carbonyl (C=O) groups is 3. The van der Waals surface area contributed by atoms with Gasteiger partial charge in [0.1, 0.15) is 5.69 Å². The van der Waals surface area contributed by atoms with Crippen molar-refractivity contribution in [2.75, 3.05) is 7.11 Å². The number of ketones is 2. The first-order valence-electron chi connectivity index (χ1n) is 10.2. The van der Waals surface area contributed by atoms with Crippen LogP contribution in [0.15, 0.2) is 30.5 Å². The van der Waals surface area contributed by atoms with Crippen molar-refractivity contribution in [3.05, 3.63) is 58.7 Å². The molecular formula is C24H28N2O4. The van der Waals surface area contributed by atoms with Crippen LogP contribution in [0.3, 0.4) is 0 Å². The van der Waals surface area contributed by atoms with E-state index in [0.717, 1.165) is 24.2 Å². The summed E-state index contributed by atoms with van der Waals surface area (Å²) in [5.41, 5.74) is 2.78. The van der Waals surface area contributed by atoms with Gasteiger partial charge < -0.3 is 4.74 Å². The molecule has 0 saturated heterocycles. The first kappa shape index (κ1) is 21.8. The largest absolute Gasteiger partial charge is 0.465 e. The molecule has 6 heteroatoms. The fourth-order valence-electron chi connectivity index (χ4n) is 3.76. The number of esters is 1. The van der Waals surface area contributed by atoms with Crippen molar-refractivity contribution < 1.29 is 19.1 Å². The SMILES string of the molecule is COC(=O)c1ccc(C(=O)CCC(=O)c2cnc3c(n2)C(C)(C)CCC3(C)C)cc1. The first-order valence-corrected chi connectivity index (χ1v) is 10.2. The van der Waals surface area contributed by atoms with Gasteiger partial charge in [-0.2, -0.15) is 0 Å². The monoisotopic (exact) mass is 408 g/mol. The Morgan fingerprint density at radius 3 is 2.00 bits per heavy atom. The first-order chi connectivity index (χ1) is 14.0. The standard InChI is InChI=1S/C24H28N2O4/c1-23(2)12-13-24(3,4)21-20(23)25-14-17(26-21)19(28)11-10-18(27)15-6-8-16(9-7-15)22(29)30-5/h6-9,14H,10-13H2,1-5H3. The van der Waals surface area contributed by atoms with Crippen LogP contribution in [0.2, 0.25) is 0 Å². The van der Waals surface area contributed by atoms with Crippen LogP contribution in [-0.4, -0.2) is 34.6 Å².